The van der Waals surface area contributed by atoms with Crippen LogP contribution in [0.15, 0.2) is 18.3 Å². The lowest BCUT2D eigenvalue weighted by Gasteiger charge is -2.05. The summed E-state index contributed by atoms with van der Waals surface area (Å²) in [6.07, 6.45) is 2.78. The molecule has 0 amide bonds. The zero-order valence-electron chi connectivity index (χ0n) is 11.4. The van der Waals surface area contributed by atoms with Gasteiger partial charge >= 0.3 is 5.97 Å². The molecular formula is C15H17NO3. The van der Waals surface area contributed by atoms with Gasteiger partial charge in [-0.1, -0.05) is 6.92 Å². The van der Waals surface area contributed by atoms with Crippen LogP contribution in [-0.2, 0) is 6.54 Å². The number of benzene rings is 1. The Labute approximate surface area is 111 Å². The number of aryl methyl sites for hydroxylation is 2. The second-order valence-electron chi connectivity index (χ2n) is 4.78. The van der Waals surface area contributed by atoms with Crippen molar-refractivity contribution < 1.29 is 14.7 Å². The van der Waals surface area contributed by atoms with Crippen molar-refractivity contribution in [3.05, 3.63) is 35.0 Å². The van der Waals surface area contributed by atoms with E-state index in [-0.39, 0.29) is 11.3 Å². The molecule has 0 atom stereocenters. The number of aromatic carboxylic acids is 1. The largest absolute Gasteiger partial charge is 0.478 e. The third-order valence-corrected chi connectivity index (χ3v) is 3.30. The SMILES string of the molecule is CCCn1cc(C(C)=O)c2cc(C(=O)O)c(C)cc21. The van der Waals surface area contributed by atoms with Gasteiger partial charge in [0.25, 0.3) is 0 Å². The average molecular weight is 259 g/mol. The van der Waals surface area contributed by atoms with Crippen LogP contribution in [0.2, 0.25) is 0 Å². The minimum Gasteiger partial charge on any atom is -0.478 e. The molecule has 0 aliphatic rings. The third kappa shape index (κ3) is 2.26. The summed E-state index contributed by atoms with van der Waals surface area (Å²) in [5, 5.41) is 9.90. The zero-order valence-corrected chi connectivity index (χ0v) is 11.4. The Bertz CT molecular complexity index is 668. The summed E-state index contributed by atoms with van der Waals surface area (Å²) in [5.74, 6) is -1.00. The molecule has 0 unspecified atom stereocenters. The van der Waals surface area contributed by atoms with Crippen LogP contribution in [0, 0.1) is 6.92 Å². The summed E-state index contributed by atoms with van der Waals surface area (Å²) in [4.78, 5) is 22.9. The summed E-state index contributed by atoms with van der Waals surface area (Å²) in [7, 11) is 0. The third-order valence-electron chi connectivity index (χ3n) is 3.30. The van der Waals surface area contributed by atoms with E-state index in [1.54, 1.807) is 13.0 Å². The summed E-state index contributed by atoms with van der Waals surface area (Å²) in [6, 6.07) is 3.46. The highest BCUT2D eigenvalue weighted by molar-refractivity contribution is 6.09. The van der Waals surface area contributed by atoms with Gasteiger partial charge in [0.15, 0.2) is 5.78 Å². The monoisotopic (exact) mass is 259 g/mol. The minimum atomic E-state index is -0.961. The van der Waals surface area contributed by atoms with Gasteiger partial charge < -0.3 is 9.67 Å². The Hall–Kier alpha value is -2.10. The van der Waals surface area contributed by atoms with Gasteiger partial charge in [-0.3, -0.25) is 4.79 Å². The Kier molecular flexibility index (Phi) is 3.42. The Balaban J connectivity index is 2.79. The van der Waals surface area contributed by atoms with Gasteiger partial charge in [-0.15, -0.1) is 0 Å². The molecule has 0 radical (unpaired) electrons. The minimum absolute atomic E-state index is 0.0416. The molecule has 4 nitrogen and oxygen atoms in total. The van der Waals surface area contributed by atoms with E-state index in [9.17, 15) is 14.7 Å². The van der Waals surface area contributed by atoms with Gasteiger partial charge in [-0.25, -0.2) is 4.79 Å². The van der Waals surface area contributed by atoms with E-state index in [1.165, 1.54) is 6.92 Å². The molecular weight excluding hydrogens is 242 g/mol. The first-order valence-corrected chi connectivity index (χ1v) is 6.33. The van der Waals surface area contributed by atoms with Crippen LogP contribution in [0.1, 0.15) is 46.5 Å². The molecule has 4 heteroatoms. The fourth-order valence-corrected chi connectivity index (χ4v) is 2.38. The van der Waals surface area contributed by atoms with E-state index in [2.05, 4.69) is 6.92 Å². The van der Waals surface area contributed by atoms with E-state index in [0.29, 0.717) is 11.1 Å². The van der Waals surface area contributed by atoms with Gasteiger partial charge in [0.05, 0.1) is 5.56 Å². The maximum Gasteiger partial charge on any atom is 0.335 e. The number of carboxylic acids is 1. The molecule has 100 valence electrons. The van der Waals surface area contributed by atoms with Gasteiger partial charge in [0.1, 0.15) is 0 Å². The lowest BCUT2D eigenvalue weighted by molar-refractivity contribution is 0.0696. The number of ketones is 1. The Morgan fingerprint density at radius 2 is 1.95 bits per heavy atom. The molecule has 2 aromatic rings. The van der Waals surface area contributed by atoms with Crippen LogP contribution in [-0.4, -0.2) is 21.4 Å². The molecule has 1 heterocycles. The van der Waals surface area contributed by atoms with Gasteiger partial charge in [0, 0.05) is 29.2 Å². The molecule has 0 bridgehead atoms. The van der Waals surface area contributed by atoms with Gasteiger partial charge in [0.2, 0.25) is 0 Å². The highest BCUT2D eigenvalue weighted by Crippen LogP contribution is 2.26. The number of carbonyl (C=O) groups is 2. The van der Waals surface area contributed by atoms with Crippen LogP contribution in [0.25, 0.3) is 10.9 Å². The second kappa shape index (κ2) is 4.88. The van der Waals surface area contributed by atoms with Crippen molar-refractivity contribution in [2.75, 3.05) is 0 Å². The Morgan fingerprint density at radius 3 is 2.47 bits per heavy atom. The first-order chi connectivity index (χ1) is 8.95. The predicted octanol–water partition coefficient (Wildman–Crippen LogP) is 3.26. The summed E-state index contributed by atoms with van der Waals surface area (Å²) in [6.45, 7) is 6.17. The van der Waals surface area contributed by atoms with Crippen molar-refractivity contribution in [2.45, 2.75) is 33.7 Å². The van der Waals surface area contributed by atoms with Crippen molar-refractivity contribution in [1.29, 1.82) is 0 Å². The summed E-state index contributed by atoms with van der Waals surface area (Å²) in [5.41, 5.74) is 2.48. The van der Waals surface area contributed by atoms with Crippen molar-refractivity contribution in [1.82, 2.24) is 4.57 Å². The van der Waals surface area contributed by atoms with Crippen molar-refractivity contribution in [2.24, 2.45) is 0 Å². The first-order valence-electron chi connectivity index (χ1n) is 6.33. The molecule has 1 aromatic carbocycles. The smallest absolute Gasteiger partial charge is 0.335 e. The van der Waals surface area contributed by atoms with Gasteiger partial charge in [-0.2, -0.15) is 0 Å². The van der Waals surface area contributed by atoms with Crippen LogP contribution in [0.5, 0.6) is 0 Å². The van der Waals surface area contributed by atoms with E-state index in [0.717, 1.165) is 23.9 Å². The molecule has 0 aliphatic heterocycles. The average Bonchev–Trinajstić information content (AvgIpc) is 2.67. The van der Waals surface area contributed by atoms with Gasteiger partial charge in [-0.05, 0) is 38.0 Å². The number of carboxylic acid groups (broad SMARTS) is 1. The molecule has 0 spiro atoms. The highest BCUT2D eigenvalue weighted by Gasteiger charge is 2.16. The number of rotatable bonds is 4. The van der Waals surface area contributed by atoms with E-state index in [4.69, 9.17) is 0 Å². The standard InChI is InChI=1S/C15H17NO3/c1-4-5-16-8-13(10(3)17)12-7-11(15(18)19)9(2)6-14(12)16/h6-8H,4-5H2,1-3H3,(H,18,19). The van der Waals surface area contributed by atoms with Crippen molar-refractivity contribution in [3.8, 4) is 0 Å². The van der Waals surface area contributed by atoms with E-state index >= 15 is 0 Å². The second-order valence-corrected chi connectivity index (χ2v) is 4.78. The number of hydrogen-bond acceptors (Lipinski definition) is 2. The molecule has 1 N–H and O–H groups in total. The molecule has 19 heavy (non-hydrogen) atoms. The molecule has 2 rings (SSSR count). The first kappa shape index (κ1) is 13.3. The van der Waals surface area contributed by atoms with Crippen molar-refractivity contribution in [3.63, 3.8) is 0 Å². The fraction of sp³-hybridized carbons (Fsp3) is 0.333. The topological polar surface area (TPSA) is 59.3 Å². The predicted molar refractivity (Wildman–Crippen MR) is 73.9 cm³/mol. The zero-order chi connectivity index (χ0) is 14.2. The maximum atomic E-state index is 11.7. The normalized spacial score (nSPS) is 10.9. The van der Waals surface area contributed by atoms with Crippen LogP contribution >= 0.6 is 0 Å². The lowest BCUT2D eigenvalue weighted by Crippen LogP contribution is -2.01. The van der Waals surface area contributed by atoms with E-state index < -0.39 is 5.97 Å². The molecule has 0 saturated heterocycles. The van der Waals surface area contributed by atoms with Crippen LogP contribution in [0.4, 0.5) is 0 Å². The highest BCUT2D eigenvalue weighted by atomic mass is 16.4. The maximum absolute atomic E-state index is 11.7. The number of fused-ring (bicyclic) bond motifs is 1. The number of Topliss-reactive ketones (excluding diaryl/α,β-unsaturated/α-hetero) is 1. The lowest BCUT2D eigenvalue weighted by atomic mass is 10.0. The number of aromatic nitrogens is 1. The molecule has 0 saturated carbocycles. The summed E-state index contributed by atoms with van der Waals surface area (Å²) >= 11 is 0. The van der Waals surface area contributed by atoms with Crippen LogP contribution in [0.3, 0.4) is 0 Å². The quantitative estimate of drug-likeness (QED) is 0.857. The number of nitrogens with zero attached hydrogens (tertiary/aromatic N) is 1. The fourth-order valence-electron chi connectivity index (χ4n) is 2.38. The molecule has 0 aliphatic carbocycles. The van der Waals surface area contributed by atoms with Crippen molar-refractivity contribution >= 4 is 22.7 Å². The Morgan fingerprint density at radius 1 is 1.26 bits per heavy atom. The molecule has 1 aromatic heterocycles. The summed E-state index contributed by atoms with van der Waals surface area (Å²) < 4.78 is 2.02. The number of carbonyl (C=O) groups excluding carboxylic acids is 1. The van der Waals surface area contributed by atoms with Crippen LogP contribution < -0.4 is 0 Å². The molecule has 0 fully saturated rings. The van der Waals surface area contributed by atoms with E-state index in [1.807, 2.05) is 16.8 Å². The number of hydrogen-bond donors (Lipinski definition) is 1.